The Labute approximate surface area is 73.2 Å². The molecule has 70 valence electrons. The van der Waals surface area contributed by atoms with Crippen molar-refractivity contribution < 1.29 is 4.74 Å². The van der Waals surface area contributed by atoms with Gasteiger partial charge in [-0.1, -0.05) is 0 Å². The molecule has 12 heavy (non-hydrogen) atoms. The zero-order chi connectivity index (χ0) is 9.03. The fourth-order valence-corrected chi connectivity index (χ4v) is 1.28. The van der Waals surface area contributed by atoms with E-state index in [4.69, 9.17) is 10.5 Å². The highest BCUT2D eigenvalue weighted by Crippen LogP contribution is 2.16. The first-order valence-corrected chi connectivity index (χ1v) is 4.32. The predicted molar refractivity (Wildman–Crippen MR) is 49.1 cm³/mol. The van der Waals surface area contributed by atoms with Crippen molar-refractivity contribution in [3.8, 4) is 0 Å². The van der Waals surface area contributed by atoms with E-state index in [0.29, 0.717) is 12.6 Å². The summed E-state index contributed by atoms with van der Waals surface area (Å²) in [5.74, 6) is 0.519. The van der Waals surface area contributed by atoms with Crippen molar-refractivity contribution in [2.24, 2.45) is 10.7 Å². The van der Waals surface area contributed by atoms with Crippen molar-refractivity contribution in [2.45, 2.75) is 25.8 Å². The molecule has 3 N–H and O–H groups in total. The average Bonchev–Trinajstić information content (AvgIpc) is 2.36. The maximum absolute atomic E-state index is 5.63. The summed E-state index contributed by atoms with van der Waals surface area (Å²) in [5.41, 5.74) is 5.62. The quantitative estimate of drug-likeness (QED) is 0.457. The molecular weight excluding hydrogens is 154 g/mol. The van der Waals surface area contributed by atoms with E-state index >= 15 is 0 Å². The largest absolute Gasteiger partial charge is 0.379 e. The fourth-order valence-electron chi connectivity index (χ4n) is 1.28. The van der Waals surface area contributed by atoms with Gasteiger partial charge in [-0.3, -0.25) is 4.99 Å². The summed E-state index contributed by atoms with van der Waals surface area (Å²) >= 11 is 0. The monoisotopic (exact) mass is 171 g/mol. The van der Waals surface area contributed by atoms with Crippen LogP contribution < -0.4 is 11.1 Å². The molecule has 1 saturated heterocycles. The van der Waals surface area contributed by atoms with E-state index in [0.717, 1.165) is 19.6 Å². The van der Waals surface area contributed by atoms with Crippen molar-refractivity contribution in [1.29, 1.82) is 0 Å². The Kier molecular flexibility index (Phi) is 2.92. The van der Waals surface area contributed by atoms with Crippen LogP contribution in [0.25, 0.3) is 0 Å². The third-order valence-corrected chi connectivity index (χ3v) is 1.98. The third kappa shape index (κ3) is 2.37. The number of nitrogens with two attached hydrogens (primary N) is 1. The van der Waals surface area contributed by atoms with Gasteiger partial charge < -0.3 is 15.8 Å². The number of nitrogens with one attached hydrogen (secondary N) is 1. The Morgan fingerprint density at radius 2 is 2.50 bits per heavy atom. The second-order valence-electron chi connectivity index (χ2n) is 3.35. The molecule has 1 fully saturated rings. The smallest absolute Gasteiger partial charge is 0.189 e. The molecule has 0 radical (unpaired) electrons. The standard InChI is InChI=1S/C8H17N3O/c1-3-10-7(9)11-8(2)4-5-12-6-8/h3-6H2,1-2H3,(H3,9,10,11). The number of ether oxygens (including phenoxy) is 1. The number of hydrogen-bond acceptors (Lipinski definition) is 2. The zero-order valence-electron chi connectivity index (χ0n) is 7.76. The summed E-state index contributed by atoms with van der Waals surface area (Å²) in [4.78, 5) is 4.06. The lowest BCUT2D eigenvalue weighted by Gasteiger charge is -2.23. The Bertz CT molecular complexity index is 173. The second-order valence-corrected chi connectivity index (χ2v) is 3.35. The molecule has 0 aliphatic carbocycles. The first-order valence-electron chi connectivity index (χ1n) is 4.32. The van der Waals surface area contributed by atoms with Gasteiger partial charge in [-0.25, -0.2) is 0 Å². The molecule has 1 aliphatic heterocycles. The lowest BCUT2D eigenvalue weighted by Crippen LogP contribution is -2.49. The molecule has 4 nitrogen and oxygen atoms in total. The third-order valence-electron chi connectivity index (χ3n) is 1.98. The molecule has 1 atom stereocenters. The van der Waals surface area contributed by atoms with Crippen LogP contribution in [0.1, 0.15) is 20.3 Å². The molecule has 0 amide bonds. The molecule has 0 aromatic carbocycles. The van der Waals surface area contributed by atoms with Crippen molar-refractivity contribution >= 4 is 5.96 Å². The SMILES string of the molecule is CCN=C(N)NC1(C)CCOC1. The van der Waals surface area contributed by atoms with E-state index in [2.05, 4.69) is 17.2 Å². The van der Waals surface area contributed by atoms with Gasteiger partial charge in [-0.2, -0.15) is 0 Å². The van der Waals surface area contributed by atoms with Gasteiger partial charge in [0.1, 0.15) is 0 Å². The van der Waals surface area contributed by atoms with E-state index in [9.17, 15) is 0 Å². The van der Waals surface area contributed by atoms with Crippen molar-refractivity contribution in [2.75, 3.05) is 19.8 Å². The van der Waals surface area contributed by atoms with Crippen LogP contribution in [0.4, 0.5) is 0 Å². The van der Waals surface area contributed by atoms with Crippen LogP contribution in [-0.4, -0.2) is 31.3 Å². The molecule has 0 aromatic rings. The van der Waals surface area contributed by atoms with Gasteiger partial charge in [-0.15, -0.1) is 0 Å². The van der Waals surface area contributed by atoms with Crippen LogP contribution in [0.15, 0.2) is 4.99 Å². The van der Waals surface area contributed by atoms with Gasteiger partial charge in [0.15, 0.2) is 5.96 Å². The average molecular weight is 171 g/mol. The predicted octanol–water partition coefficient (Wildman–Crippen LogP) is 0.0896. The van der Waals surface area contributed by atoms with Gasteiger partial charge >= 0.3 is 0 Å². The first kappa shape index (κ1) is 9.32. The highest BCUT2D eigenvalue weighted by atomic mass is 16.5. The summed E-state index contributed by atoms with van der Waals surface area (Å²) in [5, 5.41) is 3.16. The van der Waals surface area contributed by atoms with Gasteiger partial charge in [0.25, 0.3) is 0 Å². The van der Waals surface area contributed by atoms with E-state index in [1.165, 1.54) is 0 Å². The van der Waals surface area contributed by atoms with E-state index in [1.54, 1.807) is 0 Å². The van der Waals surface area contributed by atoms with Gasteiger partial charge in [-0.05, 0) is 20.3 Å². The second kappa shape index (κ2) is 3.76. The number of rotatable bonds is 2. The van der Waals surface area contributed by atoms with Crippen LogP contribution in [0.3, 0.4) is 0 Å². The topological polar surface area (TPSA) is 59.6 Å². The summed E-state index contributed by atoms with van der Waals surface area (Å²) in [6, 6.07) is 0. The normalized spacial score (nSPS) is 30.7. The molecule has 0 aromatic heterocycles. The molecule has 1 heterocycles. The lowest BCUT2D eigenvalue weighted by molar-refractivity contribution is 0.177. The van der Waals surface area contributed by atoms with E-state index in [-0.39, 0.29) is 5.54 Å². The Hall–Kier alpha value is -0.770. The molecule has 4 heteroatoms. The van der Waals surface area contributed by atoms with Gasteiger partial charge in [0, 0.05) is 13.2 Å². The highest BCUT2D eigenvalue weighted by Gasteiger charge is 2.29. The van der Waals surface area contributed by atoms with Crippen molar-refractivity contribution in [3.63, 3.8) is 0 Å². The summed E-state index contributed by atoms with van der Waals surface area (Å²) < 4.78 is 5.27. The summed E-state index contributed by atoms with van der Waals surface area (Å²) in [6.07, 6.45) is 0.993. The minimum Gasteiger partial charge on any atom is -0.379 e. The van der Waals surface area contributed by atoms with Crippen LogP contribution in [-0.2, 0) is 4.74 Å². The fraction of sp³-hybridized carbons (Fsp3) is 0.875. The number of hydrogen-bond donors (Lipinski definition) is 2. The molecule has 1 rings (SSSR count). The molecule has 0 spiro atoms. The highest BCUT2D eigenvalue weighted by molar-refractivity contribution is 5.78. The molecule has 1 aliphatic rings. The van der Waals surface area contributed by atoms with Crippen LogP contribution >= 0.6 is 0 Å². The molecule has 0 bridgehead atoms. The van der Waals surface area contributed by atoms with Crippen LogP contribution in [0.2, 0.25) is 0 Å². The Morgan fingerprint density at radius 3 is 3.00 bits per heavy atom. The van der Waals surface area contributed by atoms with Gasteiger partial charge in [0.2, 0.25) is 0 Å². The minimum atomic E-state index is -0.0112. The van der Waals surface area contributed by atoms with Crippen molar-refractivity contribution in [3.05, 3.63) is 0 Å². The molecule has 1 unspecified atom stereocenters. The Balaban J connectivity index is 2.43. The maximum Gasteiger partial charge on any atom is 0.189 e. The Morgan fingerprint density at radius 1 is 1.75 bits per heavy atom. The van der Waals surface area contributed by atoms with E-state index in [1.807, 2.05) is 6.92 Å². The minimum absolute atomic E-state index is 0.0112. The van der Waals surface area contributed by atoms with Crippen LogP contribution in [0.5, 0.6) is 0 Å². The maximum atomic E-state index is 5.63. The van der Waals surface area contributed by atoms with Crippen molar-refractivity contribution in [1.82, 2.24) is 5.32 Å². The lowest BCUT2D eigenvalue weighted by atomic mass is 10.0. The number of aliphatic imine (C=N–C) groups is 1. The zero-order valence-corrected chi connectivity index (χ0v) is 7.76. The molecular formula is C8H17N3O. The summed E-state index contributed by atoms with van der Waals surface area (Å²) in [6.45, 7) is 6.30. The first-order chi connectivity index (χ1) is 5.66. The molecule has 0 saturated carbocycles. The summed E-state index contributed by atoms with van der Waals surface area (Å²) in [7, 11) is 0. The number of nitrogens with zero attached hydrogens (tertiary/aromatic N) is 1. The number of guanidine groups is 1. The van der Waals surface area contributed by atoms with E-state index < -0.39 is 0 Å². The van der Waals surface area contributed by atoms with Crippen LogP contribution in [0, 0.1) is 0 Å². The van der Waals surface area contributed by atoms with Gasteiger partial charge in [0.05, 0.1) is 12.1 Å².